The van der Waals surface area contributed by atoms with E-state index in [0.717, 1.165) is 10.4 Å². The molecule has 0 aliphatic carbocycles. The van der Waals surface area contributed by atoms with Crippen molar-refractivity contribution in [2.45, 2.75) is 11.3 Å². The number of aromatic nitrogens is 2. The molecule has 100 valence electrons. The van der Waals surface area contributed by atoms with Crippen LogP contribution in [0.3, 0.4) is 0 Å². The van der Waals surface area contributed by atoms with Gasteiger partial charge in [0.05, 0.1) is 17.1 Å². The molecule has 3 N–H and O–H groups in total. The van der Waals surface area contributed by atoms with Crippen molar-refractivity contribution < 1.29 is 9.18 Å². The van der Waals surface area contributed by atoms with Gasteiger partial charge in [-0.05, 0) is 36.7 Å². The first-order valence-electron chi connectivity index (χ1n) is 5.32. The number of amides is 1. The van der Waals surface area contributed by atoms with Gasteiger partial charge in [0.25, 0.3) is 0 Å². The predicted octanol–water partition coefficient (Wildman–Crippen LogP) is 2.30. The maximum absolute atomic E-state index is 12.8. The molecule has 0 aliphatic rings. The largest absolute Gasteiger partial charge is 0.397 e. The third-order valence-corrected chi connectivity index (χ3v) is 4.05. The smallest absolute Gasteiger partial charge is 0.234 e. The lowest BCUT2D eigenvalue weighted by molar-refractivity contribution is -0.113. The molecule has 1 heterocycles. The molecule has 1 aromatic heterocycles. The van der Waals surface area contributed by atoms with Crippen LogP contribution in [0, 0.1) is 12.7 Å². The molecule has 8 heteroatoms. The van der Waals surface area contributed by atoms with Crippen LogP contribution in [-0.2, 0) is 4.79 Å². The van der Waals surface area contributed by atoms with Crippen molar-refractivity contribution in [3.05, 3.63) is 29.8 Å². The Hall–Kier alpha value is -1.67. The number of nitrogen functional groups attached to an aromatic ring is 1. The molecule has 1 amide bonds. The molecule has 2 aromatic rings. The van der Waals surface area contributed by atoms with Crippen molar-refractivity contribution in [1.29, 1.82) is 0 Å². The van der Waals surface area contributed by atoms with Crippen molar-refractivity contribution in [3.63, 3.8) is 0 Å². The molecule has 0 aliphatic heterocycles. The van der Waals surface area contributed by atoms with Crippen LogP contribution in [0.1, 0.15) is 5.82 Å². The maximum Gasteiger partial charge on any atom is 0.234 e. The highest BCUT2D eigenvalue weighted by Gasteiger charge is 2.08. The standard InChI is InChI=1S/C11H11FN4OS2/c1-6-14-11(19-16-6)18-5-10(17)15-9-3-2-7(12)4-8(9)13/h2-4H,5,13H2,1H3,(H,15,17). The number of thioether (sulfide) groups is 1. The van der Waals surface area contributed by atoms with Crippen LogP contribution in [0.4, 0.5) is 15.8 Å². The van der Waals surface area contributed by atoms with Gasteiger partial charge in [0.2, 0.25) is 5.91 Å². The highest BCUT2D eigenvalue weighted by molar-refractivity contribution is 8.01. The second-order valence-corrected chi connectivity index (χ2v) is 5.65. The van der Waals surface area contributed by atoms with E-state index in [0.29, 0.717) is 11.5 Å². The molecule has 0 saturated carbocycles. The molecule has 0 bridgehead atoms. The summed E-state index contributed by atoms with van der Waals surface area (Å²) in [6.45, 7) is 1.79. The highest BCUT2D eigenvalue weighted by atomic mass is 32.2. The van der Waals surface area contributed by atoms with E-state index >= 15 is 0 Å². The van der Waals surface area contributed by atoms with Crippen molar-refractivity contribution in [2.24, 2.45) is 0 Å². The van der Waals surface area contributed by atoms with Gasteiger partial charge in [-0.3, -0.25) is 4.79 Å². The number of anilines is 2. The Labute approximate surface area is 117 Å². The fraction of sp³-hybridized carbons (Fsp3) is 0.182. The molecule has 0 unspecified atom stereocenters. The first-order chi connectivity index (χ1) is 9.04. The summed E-state index contributed by atoms with van der Waals surface area (Å²) in [5, 5.41) is 2.62. The van der Waals surface area contributed by atoms with Crippen molar-refractivity contribution in [2.75, 3.05) is 16.8 Å². The Morgan fingerprint density at radius 1 is 1.58 bits per heavy atom. The molecule has 0 saturated heterocycles. The summed E-state index contributed by atoms with van der Waals surface area (Å²) in [5.41, 5.74) is 6.20. The zero-order valence-electron chi connectivity index (χ0n) is 10.0. The van der Waals surface area contributed by atoms with Gasteiger partial charge in [-0.1, -0.05) is 11.8 Å². The van der Waals surface area contributed by atoms with Gasteiger partial charge in [-0.15, -0.1) is 0 Å². The number of benzene rings is 1. The third-order valence-electron chi connectivity index (χ3n) is 2.12. The van der Waals surface area contributed by atoms with Gasteiger partial charge in [0.15, 0.2) is 4.34 Å². The Kier molecular flexibility index (Phi) is 4.33. The van der Waals surface area contributed by atoms with Gasteiger partial charge in [-0.25, -0.2) is 9.37 Å². The van der Waals surface area contributed by atoms with E-state index in [-0.39, 0.29) is 17.3 Å². The van der Waals surface area contributed by atoms with Crippen LogP contribution in [-0.4, -0.2) is 21.0 Å². The number of carbonyl (C=O) groups is 1. The number of aryl methyl sites for hydroxylation is 1. The Bertz CT molecular complexity index is 602. The number of halogens is 1. The van der Waals surface area contributed by atoms with Crippen LogP contribution in [0.2, 0.25) is 0 Å². The van der Waals surface area contributed by atoms with Crippen molar-refractivity contribution >= 4 is 40.6 Å². The number of carbonyl (C=O) groups excluding carboxylic acids is 1. The maximum atomic E-state index is 12.8. The molecule has 0 fully saturated rings. The molecule has 1 aromatic carbocycles. The number of nitrogens with two attached hydrogens (primary N) is 1. The van der Waals surface area contributed by atoms with Gasteiger partial charge in [0, 0.05) is 0 Å². The van der Waals surface area contributed by atoms with Crippen LogP contribution >= 0.6 is 23.3 Å². The molecule has 2 rings (SSSR count). The fourth-order valence-corrected chi connectivity index (χ4v) is 2.74. The van der Waals surface area contributed by atoms with E-state index < -0.39 is 5.82 Å². The van der Waals surface area contributed by atoms with Gasteiger partial charge >= 0.3 is 0 Å². The van der Waals surface area contributed by atoms with Crippen LogP contribution in [0.25, 0.3) is 0 Å². The lowest BCUT2D eigenvalue weighted by atomic mass is 10.2. The molecule has 5 nitrogen and oxygen atoms in total. The predicted molar refractivity (Wildman–Crippen MR) is 74.8 cm³/mol. The molecule has 0 spiro atoms. The quantitative estimate of drug-likeness (QED) is 0.668. The number of hydrogen-bond acceptors (Lipinski definition) is 6. The molecule has 0 atom stereocenters. The fourth-order valence-electron chi connectivity index (χ4n) is 1.30. The van der Waals surface area contributed by atoms with E-state index in [1.54, 1.807) is 6.92 Å². The van der Waals surface area contributed by atoms with Gasteiger partial charge < -0.3 is 11.1 Å². The van der Waals surface area contributed by atoms with E-state index in [2.05, 4.69) is 14.7 Å². The summed E-state index contributed by atoms with van der Waals surface area (Å²) in [6.07, 6.45) is 0. The van der Waals surface area contributed by atoms with E-state index in [4.69, 9.17) is 5.73 Å². The minimum atomic E-state index is -0.436. The summed E-state index contributed by atoms with van der Waals surface area (Å²) in [6, 6.07) is 3.84. The topological polar surface area (TPSA) is 80.9 Å². The normalized spacial score (nSPS) is 10.4. The summed E-state index contributed by atoms with van der Waals surface area (Å²) >= 11 is 2.55. The second-order valence-electron chi connectivity index (χ2n) is 3.68. The SMILES string of the molecule is Cc1nsc(SCC(=O)Nc2ccc(F)cc2N)n1. The number of nitrogens with one attached hydrogen (secondary N) is 1. The van der Waals surface area contributed by atoms with Gasteiger partial charge in [0.1, 0.15) is 11.6 Å². The summed E-state index contributed by atoms with van der Waals surface area (Å²) in [5.74, 6) is 0.229. The first-order valence-corrected chi connectivity index (χ1v) is 7.08. The van der Waals surface area contributed by atoms with Crippen molar-refractivity contribution in [3.8, 4) is 0 Å². The van der Waals surface area contributed by atoms with Gasteiger partial charge in [-0.2, -0.15) is 4.37 Å². The summed E-state index contributed by atoms with van der Waals surface area (Å²) < 4.78 is 17.6. The minimum absolute atomic E-state index is 0.199. The highest BCUT2D eigenvalue weighted by Crippen LogP contribution is 2.22. The van der Waals surface area contributed by atoms with E-state index in [1.165, 1.54) is 35.4 Å². The molecular weight excluding hydrogens is 287 g/mol. The summed E-state index contributed by atoms with van der Waals surface area (Å²) in [4.78, 5) is 15.8. The second kappa shape index (κ2) is 5.98. The molecule has 0 radical (unpaired) electrons. The van der Waals surface area contributed by atoms with Crippen LogP contribution < -0.4 is 11.1 Å². The minimum Gasteiger partial charge on any atom is -0.397 e. The number of hydrogen-bond donors (Lipinski definition) is 2. The average molecular weight is 298 g/mol. The average Bonchev–Trinajstić information content (AvgIpc) is 2.76. The zero-order valence-corrected chi connectivity index (χ0v) is 11.6. The lowest BCUT2D eigenvalue weighted by Gasteiger charge is -2.07. The van der Waals surface area contributed by atoms with E-state index in [1.807, 2.05) is 0 Å². The number of nitrogens with zero attached hydrogens (tertiary/aromatic N) is 2. The monoisotopic (exact) mass is 298 g/mol. The summed E-state index contributed by atoms with van der Waals surface area (Å²) in [7, 11) is 0. The zero-order chi connectivity index (χ0) is 13.8. The lowest BCUT2D eigenvalue weighted by Crippen LogP contribution is -2.15. The Balaban J connectivity index is 1.90. The number of rotatable bonds is 4. The Morgan fingerprint density at radius 2 is 2.37 bits per heavy atom. The molecular formula is C11H11FN4OS2. The van der Waals surface area contributed by atoms with Crippen LogP contribution in [0.15, 0.2) is 22.5 Å². The Morgan fingerprint density at radius 3 is 3.00 bits per heavy atom. The third kappa shape index (κ3) is 3.90. The van der Waals surface area contributed by atoms with Crippen LogP contribution in [0.5, 0.6) is 0 Å². The first kappa shape index (κ1) is 13.8. The van der Waals surface area contributed by atoms with Crippen molar-refractivity contribution in [1.82, 2.24) is 9.36 Å². The molecule has 19 heavy (non-hydrogen) atoms. The van der Waals surface area contributed by atoms with E-state index in [9.17, 15) is 9.18 Å².